The molecule has 1 N–H and O–H groups in total. The third-order valence-electron chi connectivity index (χ3n) is 6.13. The molecule has 4 aliphatic carbocycles. The molecule has 5 aliphatic rings. The second-order valence-electron chi connectivity index (χ2n) is 7.08. The maximum Gasteiger partial charge on any atom is 0.240 e. The van der Waals surface area contributed by atoms with Gasteiger partial charge in [-0.15, -0.1) is 0 Å². The minimum Gasteiger partial charge on any atom is -0.338 e. The number of hydrogen-bond donors (Lipinski definition) is 1. The van der Waals surface area contributed by atoms with E-state index in [9.17, 15) is 4.79 Å². The minimum atomic E-state index is 0.0992. The van der Waals surface area contributed by atoms with Crippen LogP contribution in [0.5, 0.6) is 0 Å². The summed E-state index contributed by atoms with van der Waals surface area (Å²) >= 11 is 0. The van der Waals surface area contributed by atoms with Crippen LogP contribution in [0.25, 0.3) is 0 Å². The van der Waals surface area contributed by atoms with E-state index in [1.54, 1.807) is 0 Å². The van der Waals surface area contributed by atoms with Crippen LogP contribution in [0.1, 0.15) is 38.5 Å². The average Bonchev–Trinajstić information content (AvgIpc) is 2.70. The molecule has 100 valence electrons. The molecule has 0 aromatic rings. The molecule has 0 aromatic heterocycles. The van der Waals surface area contributed by atoms with Crippen LogP contribution in [-0.2, 0) is 4.79 Å². The zero-order valence-electron chi connectivity index (χ0n) is 11.3. The van der Waals surface area contributed by atoms with E-state index in [1.165, 1.54) is 32.1 Å². The van der Waals surface area contributed by atoms with Gasteiger partial charge in [-0.3, -0.25) is 4.79 Å². The lowest BCUT2D eigenvalue weighted by Gasteiger charge is -2.56. The molecule has 0 aromatic carbocycles. The lowest BCUT2D eigenvalue weighted by atomic mass is 9.54. The van der Waals surface area contributed by atoms with Crippen molar-refractivity contribution in [2.24, 2.45) is 23.7 Å². The van der Waals surface area contributed by atoms with Crippen molar-refractivity contribution in [1.82, 2.24) is 10.2 Å². The molecule has 1 unspecified atom stereocenters. The average molecular weight is 248 g/mol. The summed E-state index contributed by atoms with van der Waals surface area (Å²) in [4.78, 5) is 14.7. The molecule has 3 heteroatoms. The molecule has 5 rings (SSSR count). The van der Waals surface area contributed by atoms with E-state index in [-0.39, 0.29) is 6.04 Å². The molecule has 18 heavy (non-hydrogen) atoms. The van der Waals surface area contributed by atoms with Crippen molar-refractivity contribution in [3.63, 3.8) is 0 Å². The van der Waals surface area contributed by atoms with Gasteiger partial charge in [0.1, 0.15) is 0 Å². The summed E-state index contributed by atoms with van der Waals surface area (Å²) in [7, 11) is 1.92. The molecule has 4 bridgehead atoms. The van der Waals surface area contributed by atoms with Gasteiger partial charge in [-0.1, -0.05) is 0 Å². The van der Waals surface area contributed by atoms with Crippen molar-refractivity contribution in [3.8, 4) is 0 Å². The van der Waals surface area contributed by atoms with E-state index < -0.39 is 0 Å². The number of nitrogens with one attached hydrogen (secondary N) is 1. The molecule has 5 fully saturated rings. The predicted molar refractivity (Wildman–Crippen MR) is 70.0 cm³/mol. The fraction of sp³-hybridized carbons (Fsp3) is 0.933. The normalized spacial score (nSPS) is 50.3. The van der Waals surface area contributed by atoms with Gasteiger partial charge in [0.15, 0.2) is 0 Å². The smallest absolute Gasteiger partial charge is 0.240 e. The summed E-state index contributed by atoms with van der Waals surface area (Å²) < 4.78 is 0. The standard InChI is InChI=1S/C15H24N2O/c1-16-13-2-3-17(15(13)18)14-11-5-9-4-10(7-11)8-12(14)6-9/h9-14,16H,2-8H2,1H3. The van der Waals surface area contributed by atoms with E-state index in [1.807, 2.05) is 7.05 Å². The van der Waals surface area contributed by atoms with Crippen molar-refractivity contribution in [3.05, 3.63) is 0 Å². The molecule has 0 radical (unpaired) electrons. The van der Waals surface area contributed by atoms with Crippen LogP contribution in [0.4, 0.5) is 0 Å². The van der Waals surface area contributed by atoms with Crippen molar-refractivity contribution in [2.75, 3.05) is 13.6 Å². The highest BCUT2D eigenvalue weighted by atomic mass is 16.2. The second-order valence-corrected chi connectivity index (χ2v) is 7.08. The van der Waals surface area contributed by atoms with Gasteiger partial charge in [0.25, 0.3) is 0 Å². The fourth-order valence-corrected chi connectivity index (χ4v) is 5.67. The lowest BCUT2D eigenvalue weighted by Crippen LogP contribution is -2.57. The minimum absolute atomic E-state index is 0.0992. The summed E-state index contributed by atoms with van der Waals surface area (Å²) in [5, 5.41) is 3.17. The Morgan fingerprint density at radius 3 is 2.17 bits per heavy atom. The number of carbonyl (C=O) groups is 1. The maximum atomic E-state index is 12.4. The maximum absolute atomic E-state index is 12.4. The van der Waals surface area contributed by atoms with E-state index in [2.05, 4.69) is 10.2 Å². The van der Waals surface area contributed by atoms with Gasteiger partial charge < -0.3 is 10.2 Å². The van der Waals surface area contributed by atoms with Gasteiger partial charge in [0.05, 0.1) is 6.04 Å². The molecule has 1 aliphatic heterocycles. The highest BCUT2D eigenvalue weighted by molar-refractivity contribution is 5.84. The highest BCUT2D eigenvalue weighted by Gasteiger charge is 2.52. The summed E-state index contributed by atoms with van der Waals surface area (Å²) in [6.45, 7) is 0.997. The van der Waals surface area contributed by atoms with Gasteiger partial charge >= 0.3 is 0 Å². The largest absolute Gasteiger partial charge is 0.338 e. The number of hydrogen-bond acceptors (Lipinski definition) is 2. The Morgan fingerprint density at radius 2 is 1.67 bits per heavy atom. The zero-order valence-corrected chi connectivity index (χ0v) is 11.3. The number of likely N-dealkylation sites (N-methyl/N-ethyl adjacent to an activating group) is 1. The Bertz CT molecular complexity index is 340. The quantitative estimate of drug-likeness (QED) is 0.805. The van der Waals surface area contributed by atoms with Crippen molar-refractivity contribution < 1.29 is 4.79 Å². The number of rotatable bonds is 2. The number of likely N-dealkylation sites (tertiary alicyclic amines) is 1. The summed E-state index contributed by atoms with van der Waals surface area (Å²) in [5.74, 6) is 4.06. The fourth-order valence-electron chi connectivity index (χ4n) is 5.67. The third kappa shape index (κ3) is 1.49. The highest BCUT2D eigenvalue weighted by Crippen LogP contribution is 2.55. The van der Waals surface area contributed by atoms with Crippen molar-refractivity contribution in [1.29, 1.82) is 0 Å². The first-order valence-electron chi connectivity index (χ1n) is 7.74. The first-order chi connectivity index (χ1) is 8.76. The van der Waals surface area contributed by atoms with Crippen molar-refractivity contribution in [2.45, 2.75) is 50.6 Å². The summed E-state index contributed by atoms with van der Waals surface area (Å²) in [6.07, 6.45) is 8.14. The van der Waals surface area contributed by atoms with Gasteiger partial charge in [0.2, 0.25) is 5.91 Å². The van der Waals surface area contributed by atoms with E-state index in [0.717, 1.165) is 36.6 Å². The number of carbonyl (C=O) groups excluding carboxylic acids is 1. The topological polar surface area (TPSA) is 32.3 Å². The third-order valence-corrected chi connectivity index (χ3v) is 6.13. The number of nitrogens with zero attached hydrogens (tertiary/aromatic N) is 1. The summed E-state index contributed by atoms with van der Waals surface area (Å²) in [6, 6.07) is 0.700. The van der Waals surface area contributed by atoms with Crippen LogP contribution >= 0.6 is 0 Å². The Morgan fingerprint density at radius 1 is 1.06 bits per heavy atom. The zero-order chi connectivity index (χ0) is 12.3. The van der Waals surface area contributed by atoms with Crippen LogP contribution in [0, 0.1) is 23.7 Å². The van der Waals surface area contributed by atoms with E-state index in [0.29, 0.717) is 11.9 Å². The lowest BCUT2D eigenvalue weighted by molar-refractivity contribution is -0.140. The first kappa shape index (κ1) is 11.3. The Labute approximate surface area is 109 Å². The monoisotopic (exact) mass is 248 g/mol. The molecule has 1 amide bonds. The van der Waals surface area contributed by atoms with Crippen molar-refractivity contribution >= 4 is 5.91 Å². The first-order valence-corrected chi connectivity index (χ1v) is 7.74. The SMILES string of the molecule is CNC1CCN(C2C3CC4CC(C3)CC2C4)C1=O. The van der Waals surface area contributed by atoms with Gasteiger partial charge in [0, 0.05) is 12.6 Å². The second kappa shape index (κ2) is 3.96. The molecular formula is C15H24N2O. The van der Waals surface area contributed by atoms with Crippen LogP contribution in [-0.4, -0.2) is 36.5 Å². The Hall–Kier alpha value is -0.570. The van der Waals surface area contributed by atoms with Gasteiger partial charge in [-0.05, 0) is 69.2 Å². The van der Waals surface area contributed by atoms with Crippen LogP contribution in [0.3, 0.4) is 0 Å². The predicted octanol–water partition coefficient (Wildman–Crippen LogP) is 1.63. The van der Waals surface area contributed by atoms with Crippen LogP contribution in [0.2, 0.25) is 0 Å². The molecule has 1 atom stereocenters. The van der Waals surface area contributed by atoms with E-state index in [4.69, 9.17) is 0 Å². The molecule has 0 spiro atoms. The van der Waals surface area contributed by atoms with Crippen LogP contribution < -0.4 is 5.32 Å². The molecule has 3 nitrogen and oxygen atoms in total. The molecule has 1 saturated heterocycles. The van der Waals surface area contributed by atoms with Gasteiger partial charge in [-0.2, -0.15) is 0 Å². The number of amides is 1. The Balaban J connectivity index is 1.57. The Kier molecular flexibility index (Phi) is 2.48. The van der Waals surface area contributed by atoms with Gasteiger partial charge in [-0.25, -0.2) is 0 Å². The van der Waals surface area contributed by atoms with Crippen LogP contribution in [0.15, 0.2) is 0 Å². The molecular weight excluding hydrogens is 224 g/mol. The summed E-state index contributed by atoms with van der Waals surface area (Å²) in [5.41, 5.74) is 0. The molecule has 4 saturated carbocycles. The van der Waals surface area contributed by atoms with E-state index >= 15 is 0 Å². The molecule has 1 heterocycles.